The third kappa shape index (κ3) is 8.30. The molecule has 1 atom stereocenters. The molecule has 2 heterocycles. The molecule has 1 unspecified atom stereocenters. The second kappa shape index (κ2) is 16.5. The number of ketones is 2. The number of anilines is 1. The second-order valence-electron chi connectivity index (χ2n) is 12.4. The number of rotatable bonds is 9. The van der Waals surface area contributed by atoms with Gasteiger partial charge in [-0.05, 0) is 54.8 Å². The summed E-state index contributed by atoms with van der Waals surface area (Å²) in [4.78, 5) is 52.8. The molecule has 260 valence electrons. The van der Waals surface area contributed by atoms with Gasteiger partial charge in [-0.25, -0.2) is 4.79 Å². The summed E-state index contributed by atoms with van der Waals surface area (Å²) in [5, 5.41) is 21.3. The Kier molecular flexibility index (Phi) is 12.2. The topological polar surface area (TPSA) is 139 Å². The van der Waals surface area contributed by atoms with Gasteiger partial charge in [0, 0.05) is 38.1 Å². The van der Waals surface area contributed by atoms with Gasteiger partial charge in [-0.2, -0.15) is 0 Å². The monoisotopic (exact) mass is 713 g/mol. The summed E-state index contributed by atoms with van der Waals surface area (Å²) in [5.41, 5.74) is 2.21. The van der Waals surface area contributed by atoms with E-state index in [1.807, 2.05) is 86.6 Å². The highest BCUT2D eigenvalue weighted by Crippen LogP contribution is 2.42. The van der Waals surface area contributed by atoms with Crippen molar-refractivity contribution >= 4 is 52.8 Å². The largest absolute Gasteiger partial charge is 0.464 e. The molecular weight excluding hydrogens is 675 g/mol. The Morgan fingerprint density at radius 3 is 1.74 bits per heavy atom. The predicted octanol–water partition coefficient (Wildman–Crippen LogP) is 6.56. The van der Waals surface area contributed by atoms with Crippen molar-refractivity contribution < 1.29 is 38.9 Å². The van der Waals surface area contributed by atoms with E-state index < -0.39 is 22.9 Å². The first-order valence-electron chi connectivity index (χ1n) is 16.1. The highest BCUT2D eigenvalue weighted by Gasteiger charge is 2.46. The molecule has 0 saturated heterocycles. The fourth-order valence-corrected chi connectivity index (χ4v) is 8.27. The van der Waals surface area contributed by atoms with Gasteiger partial charge in [0.1, 0.15) is 18.6 Å². The highest BCUT2D eigenvalue weighted by atomic mass is 32.2. The number of hydrogen-bond acceptors (Lipinski definition) is 10. The first-order valence-corrected chi connectivity index (χ1v) is 18.0. The second-order valence-corrected chi connectivity index (χ2v) is 14.4. The molecule has 0 aromatic heterocycles. The van der Waals surface area contributed by atoms with Crippen molar-refractivity contribution in [3.63, 3.8) is 0 Å². The maximum absolute atomic E-state index is 13.7. The van der Waals surface area contributed by atoms with Gasteiger partial charge in [-0.1, -0.05) is 72.8 Å². The lowest BCUT2D eigenvalue weighted by atomic mass is 9.81. The Bertz CT molecular complexity index is 1790. The van der Waals surface area contributed by atoms with E-state index in [-0.39, 0.29) is 44.4 Å². The van der Waals surface area contributed by atoms with Crippen LogP contribution in [0.25, 0.3) is 0 Å². The number of fused-ring (bicyclic) bond motifs is 2. The average Bonchev–Trinajstić information content (AvgIpc) is 3.13. The summed E-state index contributed by atoms with van der Waals surface area (Å²) in [5.74, 6) is 0.0193. The van der Waals surface area contributed by atoms with Crippen molar-refractivity contribution in [2.75, 3.05) is 43.3 Å². The molecule has 11 heteroatoms. The molecule has 0 bridgehead atoms. The van der Waals surface area contributed by atoms with Crippen LogP contribution in [0.5, 0.6) is 0 Å². The van der Waals surface area contributed by atoms with Gasteiger partial charge in [-0.3, -0.25) is 19.7 Å². The number of esters is 1. The maximum Gasteiger partial charge on any atom is 0.411 e. The van der Waals surface area contributed by atoms with Crippen molar-refractivity contribution in [2.45, 2.75) is 30.1 Å². The molecule has 0 spiro atoms. The van der Waals surface area contributed by atoms with Crippen LogP contribution in [0.15, 0.2) is 107 Å². The van der Waals surface area contributed by atoms with Gasteiger partial charge in [0.15, 0.2) is 11.6 Å². The van der Waals surface area contributed by atoms with Crippen molar-refractivity contribution in [3.8, 4) is 0 Å². The number of aryl methyl sites for hydroxylation is 2. The molecule has 50 heavy (non-hydrogen) atoms. The molecule has 2 aliphatic rings. The van der Waals surface area contributed by atoms with Crippen molar-refractivity contribution in [1.82, 2.24) is 0 Å². The Morgan fingerprint density at radius 2 is 1.18 bits per heavy atom. The number of para-hydroxylation sites is 1. The molecular formula is C39H39NO8S2. The Labute approximate surface area is 299 Å². The normalized spacial score (nSPS) is 17.4. The van der Waals surface area contributed by atoms with Crippen molar-refractivity contribution in [3.05, 3.63) is 125 Å². The van der Waals surface area contributed by atoms with Crippen molar-refractivity contribution in [1.29, 1.82) is 0 Å². The van der Waals surface area contributed by atoms with Gasteiger partial charge in [0.2, 0.25) is 0 Å². The maximum atomic E-state index is 13.7. The van der Waals surface area contributed by atoms with Crippen LogP contribution in [-0.4, -0.2) is 71.8 Å². The predicted molar refractivity (Wildman–Crippen MR) is 194 cm³/mol. The standard InChI is InChI=1S/C27H25NO5S.C12H14O3S/c1-19-9-8-14-22-24(19)25(30)27(18-34-22,16-32-23(29)15-20-10-4-2-5-11-20)17-33-26(31)28-21-12-6-3-7-13-21;1-8-3-2-4-9-10(8)11(15)12(5-13,6-14)7-16-9/h2-14H,15-18H2,1H3,(H,28,31);2-4,13-14H,5-7H2,1H3. The number of aliphatic hydroxyl groups is 2. The minimum absolute atomic E-state index is 0.100. The summed E-state index contributed by atoms with van der Waals surface area (Å²) in [6.45, 7) is 2.77. The van der Waals surface area contributed by atoms with Crippen LogP contribution >= 0.6 is 23.5 Å². The molecule has 0 saturated carbocycles. The summed E-state index contributed by atoms with van der Waals surface area (Å²) in [6, 6.07) is 29.6. The lowest BCUT2D eigenvalue weighted by molar-refractivity contribution is -0.145. The van der Waals surface area contributed by atoms with Crippen LogP contribution in [0.3, 0.4) is 0 Å². The van der Waals surface area contributed by atoms with Crippen LogP contribution in [0, 0.1) is 24.7 Å². The number of ether oxygens (including phenoxy) is 2. The number of carbonyl (C=O) groups excluding carboxylic acids is 4. The van der Waals surface area contributed by atoms with Gasteiger partial charge in [0.25, 0.3) is 0 Å². The van der Waals surface area contributed by atoms with E-state index in [0.717, 1.165) is 26.5 Å². The fraction of sp³-hybridized carbons (Fsp3) is 0.282. The van der Waals surface area contributed by atoms with E-state index in [2.05, 4.69) is 5.32 Å². The number of amides is 1. The quantitative estimate of drug-likeness (QED) is 0.164. The van der Waals surface area contributed by atoms with Crippen LogP contribution in [0.1, 0.15) is 37.4 Å². The minimum atomic E-state index is -1.18. The molecule has 3 N–H and O–H groups in total. The number of hydrogen-bond donors (Lipinski definition) is 3. The minimum Gasteiger partial charge on any atom is -0.464 e. The first kappa shape index (κ1) is 36.9. The fourth-order valence-electron chi connectivity index (χ4n) is 5.65. The summed E-state index contributed by atoms with van der Waals surface area (Å²) in [6.07, 6.45) is -0.571. The number of aliphatic hydroxyl groups excluding tert-OH is 2. The smallest absolute Gasteiger partial charge is 0.411 e. The van der Waals surface area contributed by atoms with E-state index in [9.17, 15) is 29.4 Å². The highest BCUT2D eigenvalue weighted by molar-refractivity contribution is 7.99. The number of carbonyl (C=O) groups is 4. The Hall–Kier alpha value is -4.42. The van der Waals surface area contributed by atoms with Gasteiger partial charge in [-0.15, -0.1) is 23.5 Å². The molecule has 2 aliphatic heterocycles. The first-order chi connectivity index (χ1) is 24.1. The SMILES string of the molecule is Cc1cccc2c1C(=O)C(CO)(CO)CS2.Cc1cccc2c1C(=O)C(COC(=O)Cc1ccccc1)(COC(=O)Nc1ccccc1)CS2. The van der Waals surface area contributed by atoms with Crippen LogP contribution < -0.4 is 5.32 Å². The molecule has 4 aromatic rings. The van der Waals surface area contributed by atoms with E-state index >= 15 is 0 Å². The van der Waals surface area contributed by atoms with Gasteiger partial charge in [0.05, 0.1) is 25.0 Å². The third-order valence-corrected chi connectivity index (χ3v) is 11.4. The lowest BCUT2D eigenvalue weighted by Gasteiger charge is -2.35. The van der Waals surface area contributed by atoms with E-state index in [0.29, 0.717) is 28.3 Å². The number of Topliss-reactive ketones (excluding diaryl/α,β-unsaturated/α-hetero) is 2. The molecule has 1 amide bonds. The number of nitrogens with one attached hydrogen (secondary N) is 1. The average molecular weight is 714 g/mol. The Morgan fingerprint density at radius 1 is 0.680 bits per heavy atom. The number of benzene rings is 4. The van der Waals surface area contributed by atoms with Gasteiger partial charge < -0.3 is 19.7 Å². The zero-order valence-electron chi connectivity index (χ0n) is 27.8. The summed E-state index contributed by atoms with van der Waals surface area (Å²) >= 11 is 3.02. The summed E-state index contributed by atoms with van der Waals surface area (Å²) in [7, 11) is 0. The van der Waals surface area contributed by atoms with E-state index in [4.69, 9.17) is 9.47 Å². The molecule has 6 rings (SSSR count). The van der Waals surface area contributed by atoms with Crippen LogP contribution in [-0.2, 0) is 20.7 Å². The van der Waals surface area contributed by atoms with Crippen LogP contribution in [0.2, 0.25) is 0 Å². The zero-order chi connectivity index (χ0) is 35.7. The molecule has 9 nitrogen and oxygen atoms in total. The lowest BCUT2D eigenvalue weighted by Crippen LogP contribution is -2.46. The summed E-state index contributed by atoms with van der Waals surface area (Å²) < 4.78 is 11.1. The van der Waals surface area contributed by atoms with E-state index in [1.165, 1.54) is 23.5 Å². The van der Waals surface area contributed by atoms with Crippen molar-refractivity contribution in [2.24, 2.45) is 10.8 Å². The molecule has 0 aliphatic carbocycles. The number of thioether (sulfide) groups is 2. The molecule has 4 aromatic carbocycles. The van der Waals surface area contributed by atoms with E-state index in [1.54, 1.807) is 24.3 Å². The Balaban J connectivity index is 0.000000253. The third-order valence-electron chi connectivity index (χ3n) is 8.70. The van der Waals surface area contributed by atoms with Gasteiger partial charge >= 0.3 is 12.1 Å². The zero-order valence-corrected chi connectivity index (χ0v) is 29.5. The van der Waals surface area contributed by atoms with Crippen LogP contribution in [0.4, 0.5) is 10.5 Å². The molecule has 0 radical (unpaired) electrons. The molecule has 0 fully saturated rings.